The minimum atomic E-state index is -1.01. The standard InChI is InChI=1S/C12H15FN4O4/c1-3-15-9-4-7(10(17(20)21)5-8(9)13)12(19)16-6(2)11(14)18/h4-6,15H,3H2,1-2H3,(H2,14,18)(H,16,19). The van der Waals surface area contributed by atoms with Gasteiger partial charge in [-0.25, -0.2) is 4.39 Å². The molecule has 0 aliphatic carbocycles. The highest BCUT2D eigenvalue weighted by molar-refractivity contribution is 6.01. The quantitative estimate of drug-likeness (QED) is 0.528. The highest BCUT2D eigenvalue weighted by Crippen LogP contribution is 2.26. The van der Waals surface area contributed by atoms with Gasteiger partial charge in [0, 0.05) is 6.54 Å². The molecule has 2 amide bonds. The summed E-state index contributed by atoms with van der Waals surface area (Å²) in [4.78, 5) is 32.9. The van der Waals surface area contributed by atoms with Crippen molar-refractivity contribution in [3.8, 4) is 0 Å². The van der Waals surface area contributed by atoms with Gasteiger partial charge in [0.05, 0.1) is 16.7 Å². The van der Waals surface area contributed by atoms with Crippen molar-refractivity contribution in [1.82, 2.24) is 5.32 Å². The van der Waals surface area contributed by atoms with Crippen molar-refractivity contribution in [2.75, 3.05) is 11.9 Å². The van der Waals surface area contributed by atoms with Gasteiger partial charge in [-0.15, -0.1) is 0 Å². The van der Waals surface area contributed by atoms with Crippen LogP contribution in [0.1, 0.15) is 24.2 Å². The molecule has 1 aromatic carbocycles. The number of halogens is 1. The first kappa shape index (κ1) is 16.3. The van der Waals surface area contributed by atoms with Crippen molar-refractivity contribution in [2.24, 2.45) is 5.73 Å². The van der Waals surface area contributed by atoms with E-state index < -0.39 is 34.3 Å². The van der Waals surface area contributed by atoms with Gasteiger partial charge in [-0.05, 0) is 19.9 Å². The van der Waals surface area contributed by atoms with Gasteiger partial charge in [-0.1, -0.05) is 0 Å². The average molecular weight is 298 g/mol. The number of nitrogens with two attached hydrogens (primary N) is 1. The van der Waals surface area contributed by atoms with E-state index in [0.717, 1.165) is 6.07 Å². The molecule has 21 heavy (non-hydrogen) atoms. The number of hydrogen-bond acceptors (Lipinski definition) is 5. The van der Waals surface area contributed by atoms with E-state index in [2.05, 4.69) is 10.6 Å². The van der Waals surface area contributed by atoms with Gasteiger partial charge < -0.3 is 16.4 Å². The van der Waals surface area contributed by atoms with Crippen LogP contribution < -0.4 is 16.4 Å². The molecule has 0 aromatic heterocycles. The molecule has 1 atom stereocenters. The Labute approximate surface area is 119 Å². The monoisotopic (exact) mass is 298 g/mol. The molecule has 0 radical (unpaired) electrons. The summed E-state index contributed by atoms with van der Waals surface area (Å²) in [5.41, 5.74) is 3.91. The predicted molar refractivity (Wildman–Crippen MR) is 73.3 cm³/mol. The maximum atomic E-state index is 13.7. The number of nitro benzene ring substituents is 1. The maximum Gasteiger partial charge on any atom is 0.285 e. The molecule has 0 heterocycles. The van der Waals surface area contributed by atoms with E-state index in [4.69, 9.17) is 5.73 Å². The molecule has 0 spiro atoms. The van der Waals surface area contributed by atoms with Crippen LogP contribution in [0.25, 0.3) is 0 Å². The van der Waals surface area contributed by atoms with Crippen molar-refractivity contribution in [3.63, 3.8) is 0 Å². The van der Waals surface area contributed by atoms with E-state index >= 15 is 0 Å². The summed E-state index contributed by atoms with van der Waals surface area (Å²) in [5, 5.41) is 15.8. The van der Waals surface area contributed by atoms with Gasteiger partial charge in [0.1, 0.15) is 11.6 Å². The molecule has 0 fully saturated rings. The van der Waals surface area contributed by atoms with Crippen LogP contribution in [0.5, 0.6) is 0 Å². The first-order chi connectivity index (χ1) is 9.77. The molecule has 0 aliphatic heterocycles. The Morgan fingerprint density at radius 1 is 1.48 bits per heavy atom. The van der Waals surface area contributed by atoms with Gasteiger partial charge in [-0.2, -0.15) is 0 Å². The molecule has 0 saturated carbocycles. The van der Waals surface area contributed by atoms with Crippen LogP contribution in [-0.4, -0.2) is 29.3 Å². The highest BCUT2D eigenvalue weighted by Gasteiger charge is 2.25. The molecule has 1 aromatic rings. The van der Waals surface area contributed by atoms with Gasteiger partial charge in [-0.3, -0.25) is 19.7 Å². The summed E-state index contributed by atoms with van der Waals surface area (Å²) < 4.78 is 13.7. The Bertz CT molecular complexity index is 591. The molecule has 4 N–H and O–H groups in total. The molecule has 0 aliphatic rings. The fraction of sp³-hybridized carbons (Fsp3) is 0.333. The third-order valence-corrected chi connectivity index (χ3v) is 2.67. The Hall–Kier alpha value is -2.71. The lowest BCUT2D eigenvalue weighted by Crippen LogP contribution is -2.42. The molecule has 9 heteroatoms. The summed E-state index contributed by atoms with van der Waals surface area (Å²) in [6, 6.07) is 0.673. The van der Waals surface area contributed by atoms with Crippen molar-refractivity contribution in [3.05, 3.63) is 33.6 Å². The minimum Gasteiger partial charge on any atom is -0.383 e. The van der Waals surface area contributed by atoms with Crippen LogP contribution in [0.15, 0.2) is 12.1 Å². The lowest BCUT2D eigenvalue weighted by atomic mass is 10.1. The molecule has 8 nitrogen and oxygen atoms in total. The molecular formula is C12H15FN4O4. The van der Waals surface area contributed by atoms with E-state index in [1.54, 1.807) is 6.92 Å². The predicted octanol–water partition coefficient (Wildman–Crippen LogP) is 0.769. The smallest absolute Gasteiger partial charge is 0.285 e. The largest absolute Gasteiger partial charge is 0.383 e. The lowest BCUT2D eigenvalue weighted by Gasteiger charge is -2.12. The zero-order valence-corrected chi connectivity index (χ0v) is 11.5. The van der Waals surface area contributed by atoms with E-state index in [1.165, 1.54) is 6.92 Å². The number of carbonyl (C=O) groups excluding carboxylic acids is 2. The Kier molecular flexibility index (Phi) is 5.17. The number of hydrogen-bond donors (Lipinski definition) is 3. The number of carbonyl (C=O) groups is 2. The maximum absolute atomic E-state index is 13.7. The van der Waals surface area contributed by atoms with Crippen molar-refractivity contribution in [1.29, 1.82) is 0 Å². The van der Waals surface area contributed by atoms with E-state index in [-0.39, 0.29) is 11.3 Å². The third-order valence-electron chi connectivity index (χ3n) is 2.67. The SMILES string of the molecule is CCNc1cc(C(=O)NC(C)C(N)=O)c([N+](=O)[O-])cc1F. The van der Waals surface area contributed by atoms with Crippen LogP contribution in [0.3, 0.4) is 0 Å². The second-order valence-corrected chi connectivity index (χ2v) is 4.23. The van der Waals surface area contributed by atoms with Crippen LogP contribution in [0, 0.1) is 15.9 Å². The number of benzene rings is 1. The average Bonchev–Trinajstić information content (AvgIpc) is 2.40. The number of anilines is 1. The molecule has 0 bridgehead atoms. The second kappa shape index (κ2) is 6.64. The van der Waals surface area contributed by atoms with E-state index in [0.29, 0.717) is 12.6 Å². The first-order valence-corrected chi connectivity index (χ1v) is 6.09. The van der Waals surface area contributed by atoms with Crippen LogP contribution in [-0.2, 0) is 4.79 Å². The zero-order valence-electron chi connectivity index (χ0n) is 11.5. The van der Waals surface area contributed by atoms with Crippen molar-refractivity contribution < 1.29 is 18.9 Å². The highest BCUT2D eigenvalue weighted by atomic mass is 19.1. The fourth-order valence-electron chi connectivity index (χ4n) is 1.57. The van der Waals surface area contributed by atoms with Gasteiger partial charge >= 0.3 is 0 Å². The van der Waals surface area contributed by atoms with Gasteiger partial charge in [0.25, 0.3) is 11.6 Å². The summed E-state index contributed by atoms with van der Waals surface area (Å²) in [6.45, 7) is 3.41. The van der Waals surface area contributed by atoms with Crippen LogP contribution in [0.2, 0.25) is 0 Å². The fourth-order valence-corrected chi connectivity index (χ4v) is 1.57. The van der Waals surface area contributed by atoms with Crippen molar-refractivity contribution in [2.45, 2.75) is 19.9 Å². The van der Waals surface area contributed by atoms with E-state index in [9.17, 15) is 24.1 Å². The van der Waals surface area contributed by atoms with Crippen LogP contribution in [0.4, 0.5) is 15.8 Å². The minimum absolute atomic E-state index is 0.0417. The van der Waals surface area contributed by atoms with Gasteiger partial charge in [0.15, 0.2) is 5.82 Å². The first-order valence-electron chi connectivity index (χ1n) is 6.09. The lowest BCUT2D eigenvalue weighted by molar-refractivity contribution is -0.385. The zero-order chi connectivity index (χ0) is 16.2. The summed E-state index contributed by atoms with van der Waals surface area (Å²) in [5.74, 6) is -2.52. The third kappa shape index (κ3) is 3.88. The number of amides is 2. The number of nitrogens with zero attached hydrogens (tertiary/aromatic N) is 1. The van der Waals surface area contributed by atoms with Crippen molar-refractivity contribution >= 4 is 23.2 Å². The Morgan fingerprint density at radius 2 is 2.10 bits per heavy atom. The Morgan fingerprint density at radius 3 is 2.57 bits per heavy atom. The number of rotatable bonds is 6. The summed E-state index contributed by atoms with van der Waals surface area (Å²) in [6.07, 6.45) is 0. The number of primary amides is 1. The molecule has 114 valence electrons. The number of nitrogens with one attached hydrogen (secondary N) is 2. The number of nitro groups is 1. The topological polar surface area (TPSA) is 127 Å². The van der Waals surface area contributed by atoms with Crippen LogP contribution >= 0.6 is 0 Å². The molecule has 0 saturated heterocycles. The molecule has 1 rings (SSSR count). The summed E-state index contributed by atoms with van der Waals surface area (Å²) >= 11 is 0. The summed E-state index contributed by atoms with van der Waals surface area (Å²) in [7, 11) is 0. The molecule has 1 unspecified atom stereocenters. The van der Waals surface area contributed by atoms with Gasteiger partial charge in [0.2, 0.25) is 5.91 Å². The molecular weight excluding hydrogens is 283 g/mol. The Balaban J connectivity index is 3.24. The normalized spacial score (nSPS) is 11.6. The van der Waals surface area contributed by atoms with E-state index in [1.807, 2.05) is 0 Å². The second-order valence-electron chi connectivity index (χ2n) is 4.23.